The van der Waals surface area contributed by atoms with Crippen LogP contribution in [0.3, 0.4) is 0 Å². The van der Waals surface area contributed by atoms with Gasteiger partial charge in [0.05, 0.1) is 18.0 Å². The van der Waals surface area contributed by atoms with Crippen molar-refractivity contribution in [2.24, 2.45) is 5.92 Å². The lowest BCUT2D eigenvalue weighted by Gasteiger charge is -2.47. The molecule has 2 unspecified atom stereocenters. The van der Waals surface area contributed by atoms with Crippen molar-refractivity contribution in [3.63, 3.8) is 0 Å². The van der Waals surface area contributed by atoms with Crippen LogP contribution in [0.25, 0.3) is 0 Å². The molecule has 1 N–H and O–H groups in total. The van der Waals surface area contributed by atoms with Crippen LogP contribution in [0.4, 0.5) is 0 Å². The van der Waals surface area contributed by atoms with Crippen LogP contribution in [0, 0.1) is 5.92 Å². The Labute approximate surface area is 125 Å². The van der Waals surface area contributed by atoms with Gasteiger partial charge in [-0.25, -0.2) is 0 Å². The Morgan fingerprint density at radius 2 is 1.86 bits per heavy atom. The molecule has 2 aliphatic heterocycles. The van der Waals surface area contributed by atoms with Crippen molar-refractivity contribution in [2.45, 2.75) is 43.2 Å². The van der Waals surface area contributed by atoms with E-state index in [-0.39, 0.29) is 5.92 Å². The van der Waals surface area contributed by atoms with Gasteiger partial charge in [0.1, 0.15) is 0 Å². The largest absolute Gasteiger partial charge is 0.549 e. The second kappa shape index (κ2) is 5.43. The molecule has 2 aliphatic rings. The van der Waals surface area contributed by atoms with Crippen molar-refractivity contribution < 1.29 is 15.0 Å². The maximum atomic E-state index is 12.0. The van der Waals surface area contributed by atoms with Gasteiger partial charge >= 0.3 is 0 Å². The second-order valence-electron chi connectivity index (χ2n) is 6.50. The fraction of sp³-hybridized carbons (Fsp3) is 0.588. The first-order chi connectivity index (χ1) is 10.1. The van der Waals surface area contributed by atoms with Gasteiger partial charge in [-0.2, -0.15) is 0 Å². The number of carboxylic acids is 1. The van der Waals surface area contributed by atoms with Gasteiger partial charge in [-0.3, -0.25) is 0 Å². The van der Waals surface area contributed by atoms with Gasteiger partial charge in [-0.1, -0.05) is 30.3 Å². The second-order valence-corrected chi connectivity index (χ2v) is 6.50. The average Bonchev–Trinajstić information content (AvgIpc) is 2.71. The van der Waals surface area contributed by atoms with Crippen LogP contribution in [0.1, 0.15) is 31.2 Å². The summed E-state index contributed by atoms with van der Waals surface area (Å²) in [7, 11) is 2.13. The molecule has 0 saturated carbocycles. The molecule has 2 saturated heterocycles. The van der Waals surface area contributed by atoms with Crippen molar-refractivity contribution in [2.75, 3.05) is 13.7 Å². The number of nitrogens with zero attached hydrogens (tertiary/aromatic N) is 1. The van der Waals surface area contributed by atoms with E-state index in [1.54, 1.807) is 12.1 Å². The average molecular weight is 288 g/mol. The third-order valence-electron chi connectivity index (χ3n) is 5.70. The minimum absolute atomic E-state index is 0.0661. The normalized spacial score (nSPS) is 31.8. The zero-order chi connectivity index (χ0) is 15.0. The fourth-order valence-corrected chi connectivity index (χ4v) is 4.35. The lowest BCUT2D eigenvalue weighted by Crippen LogP contribution is -2.57. The molecule has 1 aromatic carbocycles. The third kappa shape index (κ3) is 2.17. The number of carbonyl (C=O) groups is 1. The van der Waals surface area contributed by atoms with Gasteiger partial charge < -0.3 is 19.9 Å². The molecule has 21 heavy (non-hydrogen) atoms. The van der Waals surface area contributed by atoms with Gasteiger partial charge in [0.2, 0.25) is 0 Å². The van der Waals surface area contributed by atoms with Crippen LogP contribution in [-0.2, 0) is 10.2 Å². The Balaban J connectivity index is 1.99. The highest BCUT2D eigenvalue weighted by molar-refractivity contribution is 5.80. The Kier molecular flexibility index (Phi) is 3.76. The van der Waals surface area contributed by atoms with Crippen LogP contribution in [0.5, 0.6) is 0 Å². The van der Waals surface area contributed by atoms with E-state index in [0.717, 1.165) is 25.7 Å². The SMILES string of the molecule is CN1[C@@H]2CC[C@H]1CC(C(CO)(C(=O)[O-])c1ccccc1)C2. The van der Waals surface area contributed by atoms with Crippen LogP contribution < -0.4 is 5.11 Å². The molecule has 1 aromatic rings. The minimum Gasteiger partial charge on any atom is -0.549 e. The first-order valence-corrected chi connectivity index (χ1v) is 7.69. The summed E-state index contributed by atoms with van der Waals surface area (Å²) in [6.07, 6.45) is 3.88. The summed E-state index contributed by atoms with van der Waals surface area (Å²) in [4.78, 5) is 14.4. The molecule has 114 valence electrons. The summed E-state index contributed by atoms with van der Waals surface area (Å²) >= 11 is 0. The number of benzene rings is 1. The van der Waals surface area contributed by atoms with Gasteiger partial charge in [-0.05, 0) is 44.2 Å². The van der Waals surface area contributed by atoms with E-state index in [4.69, 9.17) is 0 Å². The molecule has 2 bridgehead atoms. The Bertz CT molecular complexity index is 504. The number of rotatable bonds is 4. The monoisotopic (exact) mass is 288 g/mol. The van der Waals surface area contributed by atoms with Crippen LogP contribution in [-0.4, -0.2) is 41.7 Å². The highest BCUT2D eigenvalue weighted by Gasteiger charge is 2.49. The van der Waals surface area contributed by atoms with Crippen LogP contribution >= 0.6 is 0 Å². The molecular weight excluding hydrogens is 266 g/mol. The number of aliphatic hydroxyl groups excluding tert-OH is 1. The number of aliphatic hydroxyl groups is 1. The number of hydrogen-bond acceptors (Lipinski definition) is 4. The first kappa shape index (κ1) is 14.5. The number of fused-ring (bicyclic) bond motifs is 2. The molecule has 0 aromatic heterocycles. The molecule has 3 rings (SSSR count). The number of carboxylic acid groups (broad SMARTS) is 1. The van der Waals surface area contributed by atoms with E-state index in [1.807, 2.05) is 18.2 Å². The molecule has 4 atom stereocenters. The topological polar surface area (TPSA) is 63.6 Å². The minimum atomic E-state index is -1.27. The maximum Gasteiger partial charge on any atom is 0.0608 e. The molecule has 0 spiro atoms. The van der Waals surface area contributed by atoms with Gasteiger partial charge in [-0.15, -0.1) is 0 Å². The smallest absolute Gasteiger partial charge is 0.0608 e. The number of aliphatic carboxylic acids is 1. The molecular formula is C17H22NO3-. The summed E-state index contributed by atoms with van der Waals surface area (Å²) in [6, 6.07) is 9.97. The predicted octanol–water partition coefficient (Wildman–Crippen LogP) is 0.539. The molecule has 0 amide bonds. The van der Waals surface area contributed by atoms with Crippen molar-refractivity contribution in [1.29, 1.82) is 0 Å². The molecule has 4 heteroatoms. The predicted molar refractivity (Wildman–Crippen MR) is 77.5 cm³/mol. The van der Waals surface area contributed by atoms with E-state index in [2.05, 4.69) is 11.9 Å². The number of carbonyl (C=O) groups excluding carboxylic acids is 1. The number of piperidine rings is 1. The quantitative estimate of drug-likeness (QED) is 0.878. The molecule has 0 aliphatic carbocycles. The van der Waals surface area contributed by atoms with Crippen molar-refractivity contribution in [3.8, 4) is 0 Å². The van der Waals surface area contributed by atoms with Crippen LogP contribution in [0.15, 0.2) is 30.3 Å². The summed E-state index contributed by atoms with van der Waals surface area (Å²) in [5.74, 6) is -1.21. The standard InChI is InChI=1S/C17H23NO3/c1-18-14-7-8-15(18)10-13(9-14)17(11-19,16(20)21)12-5-3-2-4-6-12/h2-6,13-15,19H,7-11H2,1H3,(H,20,21)/p-1/t13?,14-,15+,17?. The summed E-state index contributed by atoms with van der Waals surface area (Å²) in [5, 5.41) is 22.0. The van der Waals surface area contributed by atoms with Gasteiger partial charge in [0.15, 0.2) is 0 Å². The van der Waals surface area contributed by atoms with E-state index < -0.39 is 18.0 Å². The Morgan fingerprint density at radius 1 is 1.29 bits per heavy atom. The molecule has 4 nitrogen and oxygen atoms in total. The zero-order valence-electron chi connectivity index (χ0n) is 12.4. The Hall–Kier alpha value is -1.39. The maximum absolute atomic E-state index is 12.0. The van der Waals surface area contributed by atoms with Crippen LogP contribution in [0.2, 0.25) is 0 Å². The Morgan fingerprint density at radius 3 is 2.33 bits per heavy atom. The first-order valence-electron chi connectivity index (χ1n) is 7.69. The summed E-state index contributed by atoms with van der Waals surface area (Å²) in [5.41, 5.74) is -0.606. The summed E-state index contributed by atoms with van der Waals surface area (Å²) < 4.78 is 0. The van der Waals surface area contributed by atoms with Crippen molar-refractivity contribution >= 4 is 5.97 Å². The van der Waals surface area contributed by atoms with Gasteiger partial charge in [0, 0.05) is 12.1 Å². The van der Waals surface area contributed by atoms with Crippen molar-refractivity contribution in [1.82, 2.24) is 4.90 Å². The molecule has 0 radical (unpaired) electrons. The molecule has 2 fully saturated rings. The highest BCUT2D eigenvalue weighted by Crippen LogP contribution is 2.46. The van der Waals surface area contributed by atoms with Gasteiger partial charge in [0.25, 0.3) is 0 Å². The fourth-order valence-electron chi connectivity index (χ4n) is 4.35. The van der Waals surface area contributed by atoms with E-state index in [9.17, 15) is 15.0 Å². The van der Waals surface area contributed by atoms with E-state index in [0.29, 0.717) is 17.6 Å². The third-order valence-corrected chi connectivity index (χ3v) is 5.70. The lowest BCUT2D eigenvalue weighted by molar-refractivity contribution is -0.318. The summed E-state index contributed by atoms with van der Waals surface area (Å²) in [6.45, 7) is -0.396. The van der Waals surface area contributed by atoms with E-state index >= 15 is 0 Å². The zero-order valence-corrected chi connectivity index (χ0v) is 12.4. The van der Waals surface area contributed by atoms with Crippen molar-refractivity contribution in [3.05, 3.63) is 35.9 Å². The number of hydrogen-bond donors (Lipinski definition) is 1. The molecule has 2 heterocycles. The highest BCUT2D eigenvalue weighted by atomic mass is 16.4. The van der Waals surface area contributed by atoms with E-state index in [1.165, 1.54) is 0 Å². The lowest BCUT2D eigenvalue weighted by atomic mass is 9.65.